The molecule has 0 amide bonds. The standard InChI is InChI=1S/C17H26N2O/c1-13-5-4-6-15(9-13)20-8-7-19-12-14-10-18-11-16(14)17(19,2)3/h4-6,9,14,16,18H,7-8,10-12H2,1-3H3. The van der Waals surface area contributed by atoms with Crippen molar-refractivity contribution in [3.05, 3.63) is 29.8 Å². The lowest BCUT2D eigenvalue weighted by Gasteiger charge is -2.35. The molecule has 2 fully saturated rings. The molecule has 0 radical (unpaired) electrons. The van der Waals surface area contributed by atoms with Gasteiger partial charge >= 0.3 is 0 Å². The van der Waals surface area contributed by atoms with Crippen molar-refractivity contribution < 1.29 is 4.74 Å². The van der Waals surface area contributed by atoms with Gasteiger partial charge in [-0.1, -0.05) is 12.1 Å². The SMILES string of the molecule is Cc1cccc(OCCN2CC3CNCC3C2(C)C)c1. The third kappa shape index (κ3) is 2.57. The first-order chi connectivity index (χ1) is 9.57. The van der Waals surface area contributed by atoms with Gasteiger partial charge in [0.05, 0.1) is 0 Å². The van der Waals surface area contributed by atoms with Crippen molar-refractivity contribution in [3.8, 4) is 5.75 Å². The molecule has 20 heavy (non-hydrogen) atoms. The van der Waals surface area contributed by atoms with E-state index >= 15 is 0 Å². The summed E-state index contributed by atoms with van der Waals surface area (Å²) in [7, 11) is 0. The zero-order valence-electron chi connectivity index (χ0n) is 12.9. The maximum Gasteiger partial charge on any atom is 0.119 e. The van der Waals surface area contributed by atoms with Gasteiger partial charge in [0.1, 0.15) is 12.4 Å². The van der Waals surface area contributed by atoms with Crippen molar-refractivity contribution >= 4 is 0 Å². The van der Waals surface area contributed by atoms with E-state index in [2.05, 4.69) is 49.2 Å². The molecule has 110 valence electrons. The molecule has 2 heterocycles. The van der Waals surface area contributed by atoms with Crippen LogP contribution in [0.5, 0.6) is 5.75 Å². The first-order valence-electron chi connectivity index (χ1n) is 7.72. The van der Waals surface area contributed by atoms with E-state index in [1.165, 1.54) is 25.2 Å². The Labute approximate surface area is 122 Å². The highest BCUT2D eigenvalue weighted by molar-refractivity contribution is 5.27. The number of ether oxygens (including phenoxy) is 1. The minimum atomic E-state index is 0.296. The van der Waals surface area contributed by atoms with Gasteiger partial charge in [-0.3, -0.25) is 4.90 Å². The smallest absolute Gasteiger partial charge is 0.119 e. The highest BCUT2D eigenvalue weighted by Crippen LogP contribution is 2.40. The van der Waals surface area contributed by atoms with Crippen LogP contribution in [-0.4, -0.2) is 43.2 Å². The van der Waals surface area contributed by atoms with Crippen molar-refractivity contribution in [1.82, 2.24) is 10.2 Å². The summed E-state index contributed by atoms with van der Waals surface area (Å²) < 4.78 is 5.91. The highest BCUT2D eigenvalue weighted by Gasteiger charge is 2.49. The molecule has 3 nitrogen and oxygen atoms in total. The Morgan fingerprint density at radius 2 is 2.20 bits per heavy atom. The maximum absolute atomic E-state index is 5.91. The Morgan fingerprint density at radius 1 is 1.35 bits per heavy atom. The minimum Gasteiger partial charge on any atom is -0.492 e. The van der Waals surface area contributed by atoms with Crippen LogP contribution >= 0.6 is 0 Å². The van der Waals surface area contributed by atoms with Crippen molar-refractivity contribution in [1.29, 1.82) is 0 Å². The van der Waals surface area contributed by atoms with Gasteiger partial charge < -0.3 is 10.1 Å². The summed E-state index contributed by atoms with van der Waals surface area (Å²) in [5.41, 5.74) is 1.55. The van der Waals surface area contributed by atoms with Gasteiger partial charge in [-0.05, 0) is 56.8 Å². The average molecular weight is 274 g/mol. The quantitative estimate of drug-likeness (QED) is 0.912. The van der Waals surface area contributed by atoms with Gasteiger partial charge in [-0.25, -0.2) is 0 Å². The van der Waals surface area contributed by atoms with E-state index in [4.69, 9.17) is 4.74 Å². The number of hydrogen-bond donors (Lipinski definition) is 1. The predicted molar refractivity (Wildman–Crippen MR) is 82.2 cm³/mol. The molecule has 0 bridgehead atoms. The molecule has 0 saturated carbocycles. The Bertz CT molecular complexity index is 472. The van der Waals surface area contributed by atoms with Crippen LogP contribution in [0.25, 0.3) is 0 Å². The molecule has 2 atom stereocenters. The van der Waals surface area contributed by atoms with Crippen LogP contribution in [0.2, 0.25) is 0 Å². The van der Waals surface area contributed by atoms with Crippen LogP contribution in [0, 0.1) is 18.8 Å². The van der Waals surface area contributed by atoms with Crippen molar-refractivity contribution in [3.63, 3.8) is 0 Å². The molecule has 0 aliphatic carbocycles. The van der Waals surface area contributed by atoms with Crippen LogP contribution in [-0.2, 0) is 0 Å². The zero-order chi connectivity index (χ0) is 14.2. The summed E-state index contributed by atoms with van der Waals surface area (Å²) in [6, 6.07) is 8.31. The van der Waals surface area contributed by atoms with Gasteiger partial charge in [-0.2, -0.15) is 0 Å². The lowest BCUT2D eigenvalue weighted by molar-refractivity contribution is 0.117. The van der Waals surface area contributed by atoms with Gasteiger partial charge in [0.2, 0.25) is 0 Å². The fraction of sp³-hybridized carbons (Fsp3) is 0.647. The van der Waals surface area contributed by atoms with Gasteiger partial charge in [-0.15, -0.1) is 0 Å². The Hall–Kier alpha value is -1.06. The number of hydrogen-bond acceptors (Lipinski definition) is 3. The van der Waals surface area contributed by atoms with Crippen molar-refractivity contribution in [2.45, 2.75) is 26.3 Å². The third-order valence-electron chi connectivity index (χ3n) is 5.14. The number of rotatable bonds is 4. The Morgan fingerprint density at radius 3 is 2.95 bits per heavy atom. The lowest BCUT2D eigenvalue weighted by atomic mass is 9.85. The van der Waals surface area contributed by atoms with Crippen molar-refractivity contribution in [2.24, 2.45) is 11.8 Å². The average Bonchev–Trinajstić information content (AvgIpc) is 2.94. The first kappa shape index (κ1) is 13.9. The molecule has 1 aromatic carbocycles. The fourth-order valence-corrected chi connectivity index (χ4v) is 3.86. The molecule has 2 saturated heterocycles. The van der Waals surface area contributed by atoms with E-state index in [0.717, 1.165) is 30.7 Å². The van der Waals surface area contributed by atoms with Crippen LogP contribution in [0.15, 0.2) is 24.3 Å². The third-order valence-corrected chi connectivity index (χ3v) is 5.14. The normalized spacial score (nSPS) is 28.6. The van der Waals surface area contributed by atoms with E-state index in [1.54, 1.807) is 0 Å². The highest BCUT2D eigenvalue weighted by atomic mass is 16.5. The maximum atomic E-state index is 5.91. The number of nitrogens with one attached hydrogen (secondary N) is 1. The van der Waals surface area contributed by atoms with E-state index in [0.29, 0.717) is 5.54 Å². The molecule has 0 spiro atoms. The number of benzene rings is 1. The van der Waals surface area contributed by atoms with E-state index < -0.39 is 0 Å². The molecular weight excluding hydrogens is 248 g/mol. The van der Waals surface area contributed by atoms with Crippen LogP contribution < -0.4 is 10.1 Å². The predicted octanol–water partition coefficient (Wildman–Crippen LogP) is 2.30. The number of aryl methyl sites for hydroxylation is 1. The van der Waals surface area contributed by atoms with Crippen LogP contribution in [0.4, 0.5) is 0 Å². The summed E-state index contributed by atoms with van der Waals surface area (Å²) >= 11 is 0. The molecular formula is C17H26N2O. The second-order valence-electron chi connectivity index (χ2n) is 6.79. The summed E-state index contributed by atoms with van der Waals surface area (Å²) in [4.78, 5) is 2.61. The summed E-state index contributed by atoms with van der Waals surface area (Å²) in [5, 5.41) is 3.53. The van der Waals surface area contributed by atoms with Crippen LogP contribution in [0.1, 0.15) is 19.4 Å². The molecule has 1 N–H and O–H groups in total. The Balaban J connectivity index is 1.54. The summed E-state index contributed by atoms with van der Waals surface area (Å²) in [6.07, 6.45) is 0. The van der Waals surface area contributed by atoms with Gasteiger partial charge in [0.25, 0.3) is 0 Å². The molecule has 2 aliphatic heterocycles. The first-order valence-corrected chi connectivity index (χ1v) is 7.72. The largest absolute Gasteiger partial charge is 0.492 e. The minimum absolute atomic E-state index is 0.296. The monoisotopic (exact) mass is 274 g/mol. The van der Waals surface area contributed by atoms with E-state index in [1.807, 2.05) is 6.07 Å². The lowest BCUT2D eigenvalue weighted by Crippen LogP contribution is -2.46. The number of likely N-dealkylation sites (tertiary alicyclic amines) is 1. The molecule has 0 aromatic heterocycles. The second kappa shape index (κ2) is 5.38. The van der Waals surface area contributed by atoms with Gasteiger partial charge in [0.15, 0.2) is 0 Å². The summed E-state index contributed by atoms with van der Waals surface area (Å²) in [5.74, 6) is 2.61. The second-order valence-corrected chi connectivity index (χ2v) is 6.79. The van der Waals surface area contributed by atoms with Crippen LogP contribution in [0.3, 0.4) is 0 Å². The molecule has 2 aliphatic rings. The topological polar surface area (TPSA) is 24.5 Å². The molecule has 2 unspecified atom stereocenters. The summed E-state index contributed by atoms with van der Waals surface area (Å²) in [6.45, 7) is 12.2. The van der Waals surface area contributed by atoms with E-state index in [-0.39, 0.29) is 0 Å². The van der Waals surface area contributed by atoms with Crippen molar-refractivity contribution in [2.75, 3.05) is 32.8 Å². The number of nitrogens with zero attached hydrogens (tertiary/aromatic N) is 1. The molecule has 3 rings (SSSR count). The zero-order valence-corrected chi connectivity index (χ0v) is 12.9. The molecule has 3 heteroatoms. The molecule has 1 aromatic rings. The Kier molecular flexibility index (Phi) is 3.74. The fourth-order valence-electron chi connectivity index (χ4n) is 3.86. The number of fused-ring (bicyclic) bond motifs is 1. The van der Waals surface area contributed by atoms with E-state index in [9.17, 15) is 0 Å². The van der Waals surface area contributed by atoms with Gasteiger partial charge in [0, 0.05) is 25.2 Å².